The lowest BCUT2D eigenvalue weighted by molar-refractivity contribution is -0.117. The van der Waals surface area contributed by atoms with Gasteiger partial charge in [0.2, 0.25) is 5.91 Å². The maximum atomic E-state index is 12.7. The van der Waals surface area contributed by atoms with E-state index in [1.807, 2.05) is 23.3 Å². The van der Waals surface area contributed by atoms with Crippen LogP contribution in [0.25, 0.3) is 0 Å². The minimum absolute atomic E-state index is 0.118. The fraction of sp³-hybridized carbons (Fsp3) is 0.700. The number of methoxy groups -OCH3 is 2. The van der Waals surface area contributed by atoms with Crippen molar-refractivity contribution >= 4 is 11.7 Å². The highest BCUT2D eigenvalue weighted by Crippen LogP contribution is 2.28. The Kier molecular flexibility index (Phi) is 8.93. The first-order valence-electron chi connectivity index (χ1n) is 9.73. The van der Waals surface area contributed by atoms with E-state index in [2.05, 4.69) is 11.4 Å². The van der Waals surface area contributed by atoms with E-state index in [1.54, 1.807) is 14.2 Å². The topological polar surface area (TPSA) is 88.8 Å². The zero-order valence-electron chi connectivity index (χ0n) is 17.4. The highest BCUT2D eigenvalue weighted by atomic mass is 16.5. The smallest absolute Gasteiger partial charge is 0.239 e. The number of nitrogens with one attached hydrogen (secondary N) is 1. The van der Waals surface area contributed by atoms with Crippen molar-refractivity contribution in [1.29, 1.82) is 5.26 Å². The quantitative estimate of drug-likeness (QED) is 0.616. The molecular weight excluding hydrogens is 360 g/mol. The zero-order valence-corrected chi connectivity index (χ0v) is 17.4. The molecule has 1 fully saturated rings. The minimum atomic E-state index is -0.158. The van der Waals surface area contributed by atoms with Crippen LogP contribution in [0.3, 0.4) is 0 Å². The Morgan fingerprint density at radius 2 is 2.00 bits per heavy atom. The number of amides is 1. The Morgan fingerprint density at radius 3 is 2.54 bits per heavy atom. The number of carbonyl (C=O) groups excluding carboxylic acids is 1. The van der Waals surface area contributed by atoms with Crippen LogP contribution in [0.5, 0.6) is 0 Å². The number of ether oxygens (including phenoxy) is 3. The number of anilines is 1. The van der Waals surface area contributed by atoms with Crippen LogP contribution >= 0.6 is 0 Å². The van der Waals surface area contributed by atoms with Gasteiger partial charge in [-0.2, -0.15) is 5.26 Å². The second kappa shape index (κ2) is 11.2. The predicted octanol–water partition coefficient (Wildman–Crippen LogP) is 1.69. The van der Waals surface area contributed by atoms with Gasteiger partial charge in [-0.25, -0.2) is 0 Å². The number of hydrogen-bond donors (Lipinski definition) is 1. The first-order chi connectivity index (χ1) is 13.5. The lowest BCUT2D eigenvalue weighted by Crippen LogP contribution is -2.38. The molecule has 2 heterocycles. The molecule has 0 bridgehead atoms. The standard InChI is InChI=1S/C20H32N4O4/c1-15-16(2)24(13-17-6-5-9-28-17)20(18(15)12-21)22-19(25)14-23(7-10-26-3)8-11-27-4/h17H,5-11,13-14H2,1-4H3,(H,22,25). The van der Waals surface area contributed by atoms with Gasteiger partial charge in [0.15, 0.2) is 0 Å². The molecule has 1 N–H and O–H groups in total. The summed E-state index contributed by atoms with van der Waals surface area (Å²) in [6, 6.07) is 2.25. The summed E-state index contributed by atoms with van der Waals surface area (Å²) in [4.78, 5) is 14.7. The van der Waals surface area contributed by atoms with Crippen LogP contribution in [0.2, 0.25) is 0 Å². The van der Waals surface area contributed by atoms with E-state index in [9.17, 15) is 10.1 Å². The van der Waals surface area contributed by atoms with Crippen LogP contribution in [0.15, 0.2) is 0 Å². The molecule has 2 rings (SSSR count). The monoisotopic (exact) mass is 392 g/mol. The van der Waals surface area contributed by atoms with Gasteiger partial charge in [0.25, 0.3) is 0 Å². The number of rotatable bonds is 11. The number of carbonyl (C=O) groups is 1. The van der Waals surface area contributed by atoms with Crippen molar-refractivity contribution in [3.8, 4) is 6.07 Å². The summed E-state index contributed by atoms with van der Waals surface area (Å²) in [5.74, 6) is 0.409. The average molecular weight is 393 g/mol. The van der Waals surface area contributed by atoms with Gasteiger partial charge in [-0.05, 0) is 32.3 Å². The van der Waals surface area contributed by atoms with Gasteiger partial charge in [-0.3, -0.25) is 9.69 Å². The molecule has 1 aromatic rings. The number of hydrogen-bond acceptors (Lipinski definition) is 6. The van der Waals surface area contributed by atoms with E-state index in [0.29, 0.717) is 44.2 Å². The Labute approximate surface area is 167 Å². The molecule has 0 aromatic carbocycles. The van der Waals surface area contributed by atoms with Gasteiger partial charge in [-0.15, -0.1) is 0 Å². The molecule has 1 aliphatic rings. The number of aromatic nitrogens is 1. The molecule has 0 saturated carbocycles. The average Bonchev–Trinajstić information content (AvgIpc) is 3.27. The van der Waals surface area contributed by atoms with Crippen molar-refractivity contribution in [3.05, 3.63) is 16.8 Å². The van der Waals surface area contributed by atoms with E-state index in [4.69, 9.17) is 14.2 Å². The molecule has 28 heavy (non-hydrogen) atoms. The van der Waals surface area contributed by atoms with Crippen molar-refractivity contribution in [2.45, 2.75) is 39.3 Å². The van der Waals surface area contributed by atoms with Crippen LogP contribution in [0, 0.1) is 25.2 Å². The van der Waals surface area contributed by atoms with Crippen molar-refractivity contribution < 1.29 is 19.0 Å². The third kappa shape index (κ3) is 5.79. The first-order valence-corrected chi connectivity index (χ1v) is 9.73. The molecule has 1 aliphatic heterocycles. The molecule has 0 spiro atoms. The van der Waals surface area contributed by atoms with Crippen LogP contribution in [0.4, 0.5) is 5.82 Å². The Hall–Kier alpha value is -1.92. The van der Waals surface area contributed by atoms with Crippen LogP contribution in [0.1, 0.15) is 29.7 Å². The van der Waals surface area contributed by atoms with Crippen LogP contribution in [-0.4, -0.2) is 75.2 Å². The normalized spacial score (nSPS) is 16.5. The van der Waals surface area contributed by atoms with E-state index >= 15 is 0 Å². The minimum Gasteiger partial charge on any atom is -0.383 e. The molecule has 1 saturated heterocycles. The van der Waals surface area contributed by atoms with Gasteiger partial charge in [0.1, 0.15) is 11.9 Å². The second-order valence-corrected chi connectivity index (χ2v) is 7.10. The van der Waals surface area contributed by atoms with Crippen molar-refractivity contribution in [3.63, 3.8) is 0 Å². The van der Waals surface area contributed by atoms with Gasteiger partial charge in [0, 0.05) is 39.6 Å². The maximum Gasteiger partial charge on any atom is 0.239 e. The molecule has 1 amide bonds. The molecule has 8 heteroatoms. The van der Waals surface area contributed by atoms with E-state index in [0.717, 1.165) is 30.7 Å². The summed E-state index contributed by atoms with van der Waals surface area (Å²) in [6.45, 7) is 7.85. The van der Waals surface area contributed by atoms with Crippen LogP contribution in [-0.2, 0) is 25.5 Å². The Morgan fingerprint density at radius 1 is 1.32 bits per heavy atom. The van der Waals surface area contributed by atoms with E-state index in [-0.39, 0.29) is 18.6 Å². The highest BCUT2D eigenvalue weighted by Gasteiger charge is 2.24. The maximum absolute atomic E-state index is 12.7. The summed E-state index contributed by atoms with van der Waals surface area (Å²) in [5, 5.41) is 12.6. The molecule has 1 aromatic heterocycles. The highest BCUT2D eigenvalue weighted by molar-refractivity contribution is 5.93. The SMILES string of the molecule is COCCN(CCOC)CC(=O)Nc1c(C#N)c(C)c(C)n1CC1CCCO1. The molecule has 1 unspecified atom stereocenters. The van der Waals surface area contributed by atoms with E-state index < -0.39 is 0 Å². The van der Waals surface area contributed by atoms with E-state index in [1.165, 1.54) is 0 Å². The van der Waals surface area contributed by atoms with Gasteiger partial charge in [0.05, 0.1) is 38.0 Å². The van der Waals surface area contributed by atoms with Gasteiger partial charge >= 0.3 is 0 Å². The Bertz CT molecular complexity index is 681. The fourth-order valence-electron chi connectivity index (χ4n) is 3.44. The summed E-state index contributed by atoms with van der Waals surface area (Å²) >= 11 is 0. The first kappa shape index (κ1) is 22.4. The number of nitriles is 1. The van der Waals surface area contributed by atoms with Crippen molar-refractivity contribution in [1.82, 2.24) is 9.47 Å². The third-order valence-electron chi connectivity index (χ3n) is 5.20. The Balaban J connectivity index is 2.14. The lowest BCUT2D eigenvalue weighted by atomic mass is 10.2. The molecule has 0 radical (unpaired) electrons. The molecule has 1 atom stereocenters. The summed E-state index contributed by atoms with van der Waals surface area (Å²) in [7, 11) is 3.27. The molecular formula is C20H32N4O4. The number of nitrogens with zero attached hydrogens (tertiary/aromatic N) is 3. The van der Waals surface area contributed by atoms with Crippen LogP contribution < -0.4 is 5.32 Å². The van der Waals surface area contributed by atoms with Crippen molar-refractivity contribution in [2.75, 3.05) is 59.0 Å². The summed E-state index contributed by atoms with van der Waals surface area (Å²) < 4.78 is 18.0. The molecule has 0 aliphatic carbocycles. The second-order valence-electron chi connectivity index (χ2n) is 7.10. The fourth-order valence-corrected chi connectivity index (χ4v) is 3.44. The summed E-state index contributed by atoms with van der Waals surface area (Å²) in [5.41, 5.74) is 2.40. The summed E-state index contributed by atoms with van der Waals surface area (Å²) in [6.07, 6.45) is 2.16. The zero-order chi connectivity index (χ0) is 20.5. The van der Waals surface area contributed by atoms with Gasteiger partial charge < -0.3 is 24.1 Å². The lowest BCUT2D eigenvalue weighted by Gasteiger charge is -2.22. The predicted molar refractivity (Wildman–Crippen MR) is 106 cm³/mol. The van der Waals surface area contributed by atoms with Gasteiger partial charge in [-0.1, -0.05) is 0 Å². The largest absolute Gasteiger partial charge is 0.383 e. The third-order valence-corrected chi connectivity index (χ3v) is 5.20. The van der Waals surface area contributed by atoms with Crippen molar-refractivity contribution in [2.24, 2.45) is 0 Å². The molecule has 8 nitrogen and oxygen atoms in total. The molecule has 156 valence electrons.